The van der Waals surface area contributed by atoms with Gasteiger partial charge in [0.15, 0.2) is 0 Å². The molecule has 0 radical (unpaired) electrons. The van der Waals surface area contributed by atoms with Crippen LogP contribution in [0.4, 0.5) is 4.39 Å². The van der Waals surface area contributed by atoms with Crippen LogP contribution in [-0.4, -0.2) is 29.2 Å². The van der Waals surface area contributed by atoms with Crippen molar-refractivity contribution in [2.24, 2.45) is 5.92 Å². The molecule has 1 amide bonds. The van der Waals surface area contributed by atoms with E-state index < -0.39 is 6.04 Å². The zero-order valence-corrected chi connectivity index (χ0v) is 13.7. The van der Waals surface area contributed by atoms with Crippen molar-refractivity contribution >= 4 is 5.91 Å². The van der Waals surface area contributed by atoms with E-state index in [-0.39, 0.29) is 23.7 Å². The molecule has 0 saturated heterocycles. The maximum atomic E-state index is 13.8. The topological polar surface area (TPSA) is 74.3 Å². The molecule has 1 fully saturated rings. The van der Waals surface area contributed by atoms with Gasteiger partial charge in [-0.25, -0.2) is 4.39 Å². The van der Waals surface area contributed by atoms with Crippen molar-refractivity contribution in [3.05, 3.63) is 53.1 Å². The summed E-state index contributed by atoms with van der Waals surface area (Å²) in [5.74, 6) is -0.0537. The number of aromatic amines is 1. The van der Waals surface area contributed by atoms with Gasteiger partial charge < -0.3 is 20.1 Å². The van der Waals surface area contributed by atoms with Crippen LogP contribution in [0, 0.1) is 18.7 Å². The van der Waals surface area contributed by atoms with Crippen molar-refractivity contribution in [3.8, 4) is 5.75 Å². The third-order valence-corrected chi connectivity index (χ3v) is 4.63. The van der Waals surface area contributed by atoms with Crippen LogP contribution in [0.25, 0.3) is 0 Å². The lowest BCUT2D eigenvalue weighted by molar-refractivity contribution is 0.0231. The Morgan fingerprint density at radius 2 is 2.17 bits per heavy atom. The van der Waals surface area contributed by atoms with Crippen molar-refractivity contribution in [2.75, 3.05) is 7.11 Å². The van der Waals surface area contributed by atoms with Gasteiger partial charge in [-0.1, -0.05) is 0 Å². The molecule has 1 heterocycles. The normalized spacial score (nSPS) is 21.0. The molecule has 5 nitrogen and oxygen atoms in total. The molecule has 1 aromatic heterocycles. The van der Waals surface area contributed by atoms with Gasteiger partial charge in [0.1, 0.15) is 11.6 Å². The van der Waals surface area contributed by atoms with E-state index in [0.717, 1.165) is 5.69 Å². The highest BCUT2D eigenvalue weighted by Gasteiger charge is 2.37. The Balaban J connectivity index is 1.91. The molecule has 128 valence electrons. The predicted molar refractivity (Wildman–Crippen MR) is 87.4 cm³/mol. The van der Waals surface area contributed by atoms with Crippen LogP contribution in [0.15, 0.2) is 30.5 Å². The fourth-order valence-electron chi connectivity index (χ4n) is 3.22. The van der Waals surface area contributed by atoms with Gasteiger partial charge in [-0.15, -0.1) is 0 Å². The van der Waals surface area contributed by atoms with Crippen LogP contribution < -0.4 is 10.1 Å². The molecule has 3 rings (SSSR count). The zero-order chi connectivity index (χ0) is 17.3. The molecule has 0 bridgehead atoms. The number of carbonyl (C=O) groups excluding carboxylic acids is 1. The molecule has 0 spiro atoms. The van der Waals surface area contributed by atoms with Crippen LogP contribution in [0.2, 0.25) is 0 Å². The summed E-state index contributed by atoms with van der Waals surface area (Å²) in [5.41, 5.74) is 1.91. The van der Waals surface area contributed by atoms with Crippen molar-refractivity contribution in [1.82, 2.24) is 10.3 Å². The van der Waals surface area contributed by atoms with Crippen LogP contribution >= 0.6 is 0 Å². The number of halogens is 1. The summed E-state index contributed by atoms with van der Waals surface area (Å²) in [6, 6.07) is 5.56. The summed E-state index contributed by atoms with van der Waals surface area (Å²) in [7, 11) is 1.52. The number of amides is 1. The summed E-state index contributed by atoms with van der Waals surface area (Å²) < 4.78 is 19.1. The van der Waals surface area contributed by atoms with Gasteiger partial charge in [-0.3, -0.25) is 4.79 Å². The fourth-order valence-corrected chi connectivity index (χ4v) is 3.22. The number of ether oxygens (including phenoxy) is 1. The minimum atomic E-state index is -0.416. The summed E-state index contributed by atoms with van der Waals surface area (Å²) >= 11 is 0. The maximum absolute atomic E-state index is 13.8. The first-order valence-electron chi connectivity index (χ1n) is 7.96. The van der Waals surface area contributed by atoms with E-state index in [2.05, 4.69) is 10.3 Å². The highest BCUT2D eigenvalue weighted by Crippen LogP contribution is 2.41. The van der Waals surface area contributed by atoms with Crippen LogP contribution in [0.1, 0.15) is 40.5 Å². The Bertz CT molecular complexity index is 738. The molecule has 1 atom stereocenters. The standard InChI is InChI=1S/C18H21FN2O3/c1-10-14(5-6-20-10)18(23)21-17(11-7-13(22)8-11)15-9-12(19)3-4-16(15)24-2/h3-6,9,11,13,17,20,22H,7-8H2,1-2H3,(H,21,23). The Morgan fingerprint density at radius 1 is 1.42 bits per heavy atom. The quantitative estimate of drug-likeness (QED) is 0.788. The van der Waals surface area contributed by atoms with Gasteiger partial charge >= 0.3 is 0 Å². The molecule has 6 heteroatoms. The van der Waals surface area contributed by atoms with Crippen LogP contribution in [0.3, 0.4) is 0 Å². The lowest BCUT2D eigenvalue weighted by Crippen LogP contribution is -2.41. The molecule has 1 aromatic carbocycles. The van der Waals surface area contributed by atoms with E-state index in [1.807, 2.05) is 6.92 Å². The van der Waals surface area contributed by atoms with E-state index in [4.69, 9.17) is 4.74 Å². The Hall–Kier alpha value is -2.34. The second-order valence-corrected chi connectivity index (χ2v) is 6.24. The minimum absolute atomic E-state index is 0.0406. The number of aliphatic hydroxyl groups is 1. The molecule has 1 unspecified atom stereocenters. The van der Waals surface area contributed by atoms with Gasteiger partial charge in [-0.2, -0.15) is 0 Å². The van der Waals surface area contributed by atoms with Crippen molar-refractivity contribution < 1.29 is 19.0 Å². The van der Waals surface area contributed by atoms with Crippen LogP contribution in [0.5, 0.6) is 5.75 Å². The second-order valence-electron chi connectivity index (χ2n) is 6.24. The van der Waals surface area contributed by atoms with Gasteiger partial charge in [0.05, 0.1) is 24.8 Å². The Kier molecular flexibility index (Phi) is 4.57. The number of hydrogen-bond donors (Lipinski definition) is 3. The van der Waals surface area contributed by atoms with E-state index >= 15 is 0 Å². The number of H-pyrrole nitrogens is 1. The average Bonchev–Trinajstić information content (AvgIpc) is 2.96. The van der Waals surface area contributed by atoms with Gasteiger partial charge in [0.25, 0.3) is 5.91 Å². The first-order chi connectivity index (χ1) is 11.5. The molecule has 24 heavy (non-hydrogen) atoms. The first kappa shape index (κ1) is 16.5. The lowest BCUT2D eigenvalue weighted by atomic mass is 9.74. The molecule has 1 aliphatic rings. The number of hydrogen-bond acceptors (Lipinski definition) is 3. The second kappa shape index (κ2) is 6.65. The van der Waals surface area contributed by atoms with Crippen LogP contribution in [-0.2, 0) is 0 Å². The highest BCUT2D eigenvalue weighted by atomic mass is 19.1. The minimum Gasteiger partial charge on any atom is -0.496 e. The lowest BCUT2D eigenvalue weighted by Gasteiger charge is -2.38. The maximum Gasteiger partial charge on any atom is 0.253 e. The molecule has 1 saturated carbocycles. The van der Waals surface area contributed by atoms with E-state index in [1.165, 1.54) is 19.2 Å². The van der Waals surface area contributed by atoms with Gasteiger partial charge in [-0.05, 0) is 49.9 Å². The number of aliphatic hydroxyl groups excluding tert-OH is 1. The molecule has 2 aromatic rings. The monoisotopic (exact) mass is 332 g/mol. The third-order valence-electron chi connectivity index (χ3n) is 4.63. The van der Waals surface area contributed by atoms with Crippen molar-refractivity contribution in [2.45, 2.75) is 31.9 Å². The molecular weight excluding hydrogens is 311 g/mol. The number of carbonyl (C=O) groups is 1. The summed E-state index contributed by atoms with van der Waals surface area (Å²) in [6.07, 6.45) is 2.46. The van der Waals surface area contributed by atoms with E-state index in [0.29, 0.717) is 29.7 Å². The number of benzene rings is 1. The van der Waals surface area contributed by atoms with Crippen molar-refractivity contribution in [3.63, 3.8) is 0 Å². The SMILES string of the molecule is COc1ccc(F)cc1C(NC(=O)c1cc[nH]c1C)C1CC(O)C1. The average molecular weight is 332 g/mol. The van der Waals surface area contributed by atoms with Gasteiger partial charge in [0, 0.05) is 17.5 Å². The number of aryl methyl sites for hydroxylation is 1. The van der Waals surface area contributed by atoms with Crippen molar-refractivity contribution in [1.29, 1.82) is 0 Å². The van der Waals surface area contributed by atoms with Gasteiger partial charge in [0.2, 0.25) is 0 Å². The zero-order valence-electron chi connectivity index (χ0n) is 13.7. The van der Waals surface area contributed by atoms with E-state index in [9.17, 15) is 14.3 Å². The summed E-state index contributed by atoms with van der Waals surface area (Å²) in [6.45, 7) is 1.82. The molecule has 3 N–H and O–H groups in total. The molecular formula is C18H21FN2O3. The summed E-state index contributed by atoms with van der Waals surface area (Å²) in [5, 5.41) is 12.6. The molecule has 1 aliphatic carbocycles. The summed E-state index contributed by atoms with van der Waals surface area (Å²) in [4.78, 5) is 15.6. The smallest absolute Gasteiger partial charge is 0.253 e. The number of methoxy groups -OCH3 is 1. The predicted octanol–water partition coefficient (Wildman–Crippen LogP) is 2.71. The molecule has 0 aliphatic heterocycles. The first-order valence-corrected chi connectivity index (χ1v) is 7.96. The number of rotatable bonds is 5. The third kappa shape index (κ3) is 3.14. The fraction of sp³-hybridized carbons (Fsp3) is 0.389. The van der Waals surface area contributed by atoms with E-state index in [1.54, 1.807) is 18.3 Å². The number of aromatic nitrogens is 1. The highest BCUT2D eigenvalue weighted by molar-refractivity contribution is 5.95. The Labute approximate surface area is 139 Å². The largest absolute Gasteiger partial charge is 0.496 e. The number of nitrogens with one attached hydrogen (secondary N) is 2. The Morgan fingerprint density at radius 3 is 2.75 bits per heavy atom.